The van der Waals surface area contributed by atoms with E-state index < -0.39 is 0 Å². The maximum absolute atomic E-state index is 11.6. The molecule has 0 aromatic heterocycles. The van der Waals surface area contributed by atoms with Crippen molar-refractivity contribution in [3.8, 4) is 0 Å². The van der Waals surface area contributed by atoms with Crippen LogP contribution in [0.15, 0.2) is 4.99 Å². The number of guanidine groups is 1. The highest BCUT2D eigenvalue weighted by atomic mass is 16.5. The topological polar surface area (TPSA) is 84.0 Å². The van der Waals surface area contributed by atoms with Crippen molar-refractivity contribution in [2.45, 2.75) is 40.2 Å². The number of hydrogen-bond acceptors (Lipinski definition) is 4. The van der Waals surface area contributed by atoms with Crippen LogP contribution < -0.4 is 16.0 Å². The van der Waals surface area contributed by atoms with Crippen molar-refractivity contribution >= 4 is 12.1 Å². The molecule has 0 aliphatic carbocycles. The van der Waals surface area contributed by atoms with Crippen LogP contribution in [-0.4, -0.2) is 58.1 Å². The lowest BCUT2D eigenvalue weighted by atomic mass is 10.0. The lowest BCUT2D eigenvalue weighted by Gasteiger charge is -2.19. The van der Waals surface area contributed by atoms with Gasteiger partial charge in [-0.3, -0.25) is 4.99 Å². The first-order valence-corrected chi connectivity index (χ1v) is 7.97. The number of hydrogen-bond donors (Lipinski definition) is 3. The Balaban J connectivity index is 4.55. The van der Waals surface area contributed by atoms with Crippen LogP contribution in [0.3, 0.4) is 0 Å². The van der Waals surface area contributed by atoms with Crippen molar-refractivity contribution < 1.29 is 14.3 Å². The molecule has 0 bridgehead atoms. The van der Waals surface area contributed by atoms with Gasteiger partial charge in [0.05, 0.1) is 25.8 Å². The molecule has 130 valence electrons. The van der Waals surface area contributed by atoms with Crippen molar-refractivity contribution in [1.29, 1.82) is 0 Å². The Labute approximate surface area is 134 Å². The zero-order valence-electron chi connectivity index (χ0n) is 14.6. The van der Waals surface area contributed by atoms with Crippen LogP contribution in [-0.2, 0) is 9.47 Å². The van der Waals surface area contributed by atoms with Gasteiger partial charge in [0.15, 0.2) is 5.96 Å². The highest BCUT2D eigenvalue weighted by Gasteiger charge is 2.14. The van der Waals surface area contributed by atoms with Crippen LogP contribution in [0.25, 0.3) is 0 Å². The third-order valence-corrected chi connectivity index (χ3v) is 2.77. The minimum atomic E-state index is -0.388. The number of nitrogens with one attached hydrogen (secondary N) is 3. The number of nitrogens with zero attached hydrogens (tertiary/aromatic N) is 1. The van der Waals surface area contributed by atoms with Gasteiger partial charge in [-0.15, -0.1) is 0 Å². The van der Waals surface area contributed by atoms with Gasteiger partial charge in [-0.05, 0) is 26.2 Å². The molecule has 0 rings (SSSR count). The Bertz CT molecular complexity index is 322. The molecule has 7 heteroatoms. The fourth-order valence-corrected chi connectivity index (χ4v) is 1.90. The summed E-state index contributed by atoms with van der Waals surface area (Å²) in [6.07, 6.45) is 0.459. The maximum atomic E-state index is 11.6. The highest BCUT2D eigenvalue weighted by Crippen LogP contribution is 2.05. The molecule has 1 atom stereocenters. The first-order chi connectivity index (χ1) is 10.5. The molecule has 0 saturated heterocycles. The second-order valence-corrected chi connectivity index (χ2v) is 5.33. The molecule has 0 aliphatic heterocycles. The second-order valence-electron chi connectivity index (χ2n) is 5.33. The molecule has 0 radical (unpaired) electrons. The lowest BCUT2D eigenvalue weighted by molar-refractivity contribution is 0.147. The predicted molar refractivity (Wildman–Crippen MR) is 89.3 cm³/mol. The molecule has 0 saturated carbocycles. The van der Waals surface area contributed by atoms with Crippen LogP contribution in [0.1, 0.15) is 34.1 Å². The number of ether oxygens (including phenoxy) is 2. The summed E-state index contributed by atoms with van der Waals surface area (Å²) in [5, 5.41) is 9.21. The number of alkyl carbamates (subject to hydrolysis) is 1. The number of methoxy groups -OCH3 is 1. The van der Waals surface area contributed by atoms with Gasteiger partial charge in [-0.1, -0.05) is 13.8 Å². The summed E-state index contributed by atoms with van der Waals surface area (Å²) >= 11 is 0. The first kappa shape index (κ1) is 20.5. The van der Waals surface area contributed by atoms with E-state index in [-0.39, 0.29) is 12.1 Å². The molecule has 0 aromatic rings. The summed E-state index contributed by atoms with van der Waals surface area (Å²) in [6, 6.07) is -0.0445. The normalized spacial score (nSPS) is 12.9. The smallest absolute Gasteiger partial charge is 0.407 e. The molecule has 22 heavy (non-hydrogen) atoms. The summed E-state index contributed by atoms with van der Waals surface area (Å²) in [4.78, 5) is 16.1. The molecule has 1 amide bonds. The minimum absolute atomic E-state index is 0.0445. The minimum Gasteiger partial charge on any atom is -0.450 e. The fraction of sp³-hybridized carbons (Fsp3) is 0.867. The van der Waals surface area contributed by atoms with Gasteiger partial charge in [0.1, 0.15) is 0 Å². The number of amides is 1. The number of aliphatic imine (C=N–C) groups is 1. The molecule has 0 fully saturated rings. The Hall–Kier alpha value is -1.50. The summed E-state index contributed by atoms with van der Waals surface area (Å²) < 4.78 is 9.95. The van der Waals surface area contributed by atoms with E-state index in [0.29, 0.717) is 32.2 Å². The molecule has 1 unspecified atom stereocenters. The molecular formula is C15H32N4O3. The van der Waals surface area contributed by atoms with E-state index in [9.17, 15) is 4.79 Å². The van der Waals surface area contributed by atoms with Gasteiger partial charge in [-0.25, -0.2) is 4.79 Å². The van der Waals surface area contributed by atoms with Crippen LogP contribution >= 0.6 is 0 Å². The number of rotatable bonds is 10. The van der Waals surface area contributed by atoms with E-state index in [4.69, 9.17) is 9.47 Å². The van der Waals surface area contributed by atoms with E-state index in [1.54, 1.807) is 14.0 Å². The number of carbonyl (C=O) groups excluding carboxylic acids is 1. The Morgan fingerprint density at radius 1 is 1.23 bits per heavy atom. The van der Waals surface area contributed by atoms with Crippen molar-refractivity contribution in [3.63, 3.8) is 0 Å². The summed E-state index contributed by atoms with van der Waals surface area (Å²) in [6.45, 7) is 11.0. The van der Waals surface area contributed by atoms with Crippen molar-refractivity contribution in [2.75, 3.05) is 40.0 Å². The summed E-state index contributed by atoms with van der Waals surface area (Å²) in [5.41, 5.74) is 0. The predicted octanol–water partition coefficient (Wildman–Crippen LogP) is 1.35. The summed E-state index contributed by atoms with van der Waals surface area (Å²) in [5.74, 6) is 1.19. The monoisotopic (exact) mass is 316 g/mol. The molecule has 7 nitrogen and oxygen atoms in total. The van der Waals surface area contributed by atoms with Gasteiger partial charge < -0.3 is 25.4 Å². The lowest BCUT2D eigenvalue weighted by Crippen LogP contribution is -2.42. The van der Waals surface area contributed by atoms with Crippen molar-refractivity contribution in [1.82, 2.24) is 16.0 Å². The number of carbonyl (C=O) groups is 1. The van der Waals surface area contributed by atoms with Crippen LogP contribution in [0.4, 0.5) is 4.79 Å². The van der Waals surface area contributed by atoms with Crippen molar-refractivity contribution in [2.24, 2.45) is 10.9 Å². The Morgan fingerprint density at radius 2 is 1.95 bits per heavy atom. The quantitative estimate of drug-likeness (QED) is 0.322. The molecular weight excluding hydrogens is 284 g/mol. The molecule has 0 aliphatic rings. The zero-order valence-corrected chi connectivity index (χ0v) is 14.6. The van der Waals surface area contributed by atoms with E-state index in [0.717, 1.165) is 18.9 Å². The van der Waals surface area contributed by atoms with Gasteiger partial charge in [0, 0.05) is 20.2 Å². The van der Waals surface area contributed by atoms with Gasteiger partial charge in [0.25, 0.3) is 0 Å². The van der Waals surface area contributed by atoms with Crippen LogP contribution in [0.5, 0.6) is 0 Å². The zero-order chi connectivity index (χ0) is 16.8. The van der Waals surface area contributed by atoms with E-state index in [1.165, 1.54) is 0 Å². The Morgan fingerprint density at radius 3 is 2.50 bits per heavy atom. The van der Waals surface area contributed by atoms with Crippen LogP contribution in [0, 0.1) is 5.92 Å². The standard InChI is InChI=1S/C15H32N4O3/c1-6-16-14(17-8-9-21-5)18-11-13(10-12(3)4)19-15(20)22-7-2/h12-13H,6-11H2,1-5H3,(H,19,20)(H2,16,17,18). The first-order valence-electron chi connectivity index (χ1n) is 7.97. The van der Waals surface area contributed by atoms with E-state index >= 15 is 0 Å². The van der Waals surface area contributed by atoms with E-state index in [2.05, 4.69) is 34.8 Å². The highest BCUT2D eigenvalue weighted by molar-refractivity contribution is 5.79. The molecule has 0 heterocycles. The fourth-order valence-electron chi connectivity index (χ4n) is 1.90. The third-order valence-electron chi connectivity index (χ3n) is 2.77. The summed E-state index contributed by atoms with van der Waals surface area (Å²) in [7, 11) is 1.66. The molecule has 0 aromatic carbocycles. The van der Waals surface area contributed by atoms with Crippen molar-refractivity contribution in [3.05, 3.63) is 0 Å². The molecule has 0 spiro atoms. The largest absolute Gasteiger partial charge is 0.450 e. The van der Waals surface area contributed by atoms with E-state index in [1.807, 2.05) is 6.92 Å². The average molecular weight is 316 g/mol. The SMILES string of the molecule is CCNC(=NCC(CC(C)C)NC(=O)OCC)NCCOC. The van der Waals surface area contributed by atoms with Gasteiger partial charge in [0.2, 0.25) is 0 Å². The average Bonchev–Trinajstić information content (AvgIpc) is 2.44. The van der Waals surface area contributed by atoms with Gasteiger partial charge >= 0.3 is 6.09 Å². The Kier molecular flexibility index (Phi) is 12.3. The molecule has 3 N–H and O–H groups in total. The third kappa shape index (κ3) is 11.2. The van der Waals surface area contributed by atoms with Gasteiger partial charge in [-0.2, -0.15) is 0 Å². The maximum Gasteiger partial charge on any atom is 0.407 e. The second kappa shape index (κ2) is 13.2. The van der Waals surface area contributed by atoms with Crippen LogP contribution in [0.2, 0.25) is 0 Å².